The zero-order valence-corrected chi connectivity index (χ0v) is 19.2. The van der Waals surface area contributed by atoms with Gasteiger partial charge >= 0.3 is 6.03 Å². The molecular formula is C26H34N4O2. The first-order chi connectivity index (χ1) is 15.3. The molecule has 1 aliphatic carbocycles. The van der Waals surface area contributed by atoms with Crippen molar-refractivity contribution in [2.75, 3.05) is 0 Å². The van der Waals surface area contributed by atoms with E-state index in [1.165, 1.54) is 5.56 Å². The van der Waals surface area contributed by atoms with Crippen LogP contribution in [0.3, 0.4) is 0 Å². The van der Waals surface area contributed by atoms with Crippen LogP contribution in [0.4, 0.5) is 4.79 Å². The molecule has 1 aliphatic rings. The highest BCUT2D eigenvalue weighted by atomic mass is 16.3. The van der Waals surface area contributed by atoms with Gasteiger partial charge in [-0.2, -0.15) is 0 Å². The third kappa shape index (κ3) is 5.49. The molecule has 0 saturated heterocycles. The molecule has 1 atom stereocenters. The minimum Gasteiger partial charge on any atom is -0.393 e. The van der Waals surface area contributed by atoms with Crippen molar-refractivity contribution < 1.29 is 9.90 Å². The molecule has 3 aromatic rings. The zero-order valence-electron chi connectivity index (χ0n) is 19.2. The fourth-order valence-electron chi connectivity index (χ4n) is 4.34. The maximum Gasteiger partial charge on any atom is 0.315 e. The van der Waals surface area contributed by atoms with Crippen molar-refractivity contribution in [2.24, 2.45) is 0 Å². The van der Waals surface area contributed by atoms with Gasteiger partial charge in [-0.05, 0) is 60.8 Å². The first kappa shape index (κ1) is 22.3. The van der Waals surface area contributed by atoms with Crippen LogP contribution in [0.25, 0.3) is 11.0 Å². The van der Waals surface area contributed by atoms with Gasteiger partial charge in [0.05, 0.1) is 23.2 Å². The Balaban J connectivity index is 1.52. The highest BCUT2D eigenvalue weighted by Gasteiger charge is 2.24. The molecule has 170 valence electrons. The second-order valence-corrected chi connectivity index (χ2v) is 9.97. The average Bonchev–Trinajstić information content (AvgIpc) is 3.19. The standard InChI is InChI=1S/C26H34N4O2/c1-26(2,3)18-10-8-17(9-11-18)16-23(24-28-21-6-4-5-7-22(21)29-24)30-25(32)27-19-12-14-20(31)15-13-19/h4-11,19-20,23,31H,12-16H2,1-3H3,(H,28,29)(H2,27,30,32)/t19-,20-,23?. The van der Waals surface area contributed by atoms with Gasteiger partial charge in [-0.15, -0.1) is 0 Å². The lowest BCUT2D eigenvalue weighted by Gasteiger charge is -2.27. The van der Waals surface area contributed by atoms with Crippen LogP contribution in [-0.2, 0) is 11.8 Å². The van der Waals surface area contributed by atoms with Gasteiger partial charge in [0, 0.05) is 6.04 Å². The van der Waals surface area contributed by atoms with Crippen LogP contribution in [0.2, 0.25) is 0 Å². The van der Waals surface area contributed by atoms with Gasteiger partial charge < -0.3 is 20.7 Å². The summed E-state index contributed by atoms with van der Waals surface area (Å²) in [4.78, 5) is 21.0. The maximum atomic E-state index is 12.8. The highest BCUT2D eigenvalue weighted by molar-refractivity contribution is 5.76. The number of amides is 2. The number of benzene rings is 2. The number of para-hydroxylation sites is 2. The number of H-pyrrole nitrogens is 1. The molecule has 4 rings (SSSR count). The Morgan fingerprint density at radius 1 is 1.09 bits per heavy atom. The van der Waals surface area contributed by atoms with Crippen LogP contribution in [0, 0.1) is 0 Å². The molecule has 2 amide bonds. The molecule has 1 heterocycles. The first-order valence-corrected chi connectivity index (χ1v) is 11.6. The normalized spacial score (nSPS) is 20.1. The van der Waals surface area contributed by atoms with Gasteiger partial charge in [0.25, 0.3) is 0 Å². The van der Waals surface area contributed by atoms with Gasteiger partial charge in [-0.3, -0.25) is 0 Å². The molecule has 6 heteroatoms. The number of aromatic nitrogens is 2. The molecule has 1 fully saturated rings. The fourth-order valence-corrected chi connectivity index (χ4v) is 4.34. The Kier molecular flexibility index (Phi) is 6.51. The summed E-state index contributed by atoms with van der Waals surface area (Å²) < 4.78 is 0. The fraction of sp³-hybridized carbons (Fsp3) is 0.462. The maximum absolute atomic E-state index is 12.8. The summed E-state index contributed by atoms with van der Waals surface area (Å²) in [6, 6.07) is 16.1. The van der Waals surface area contributed by atoms with Crippen LogP contribution in [-0.4, -0.2) is 33.3 Å². The van der Waals surface area contributed by atoms with Crippen LogP contribution in [0.5, 0.6) is 0 Å². The van der Waals surface area contributed by atoms with Gasteiger partial charge in [-0.25, -0.2) is 9.78 Å². The number of imidazole rings is 1. The molecule has 0 bridgehead atoms. The Bertz CT molecular complexity index is 1010. The zero-order chi connectivity index (χ0) is 22.7. The largest absolute Gasteiger partial charge is 0.393 e. The minimum atomic E-state index is -0.280. The number of carbonyl (C=O) groups excluding carboxylic acids is 1. The number of hydrogen-bond donors (Lipinski definition) is 4. The Morgan fingerprint density at radius 3 is 2.44 bits per heavy atom. The number of fused-ring (bicyclic) bond motifs is 1. The van der Waals surface area contributed by atoms with Crippen molar-refractivity contribution in [3.05, 3.63) is 65.5 Å². The van der Waals surface area contributed by atoms with Crippen molar-refractivity contribution in [1.29, 1.82) is 0 Å². The summed E-state index contributed by atoms with van der Waals surface area (Å²) in [7, 11) is 0. The van der Waals surface area contributed by atoms with Crippen LogP contribution < -0.4 is 10.6 Å². The molecule has 0 spiro atoms. The quantitative estimate of drug-likeness (QED) is 0.467. The lowest BCUT2D eigenvalue weighted by molar-refractivity contribution is 0.117. The van der Waals surface area contributed by atoms with Gasteiger partial charge in [0.15, 0.2) is 0 Å². The summed E-state index contributed by atoms with van der Waals surface area (Å²) in [6.45, 7) is 6.61. The van der Waals surface area contributed by atoms with Crippen molar-refractivity contribution in [2.45, 2.75) is 76.5 Å². The predicted molar refractivity (Wildman–Crippen MR) is 128 cm³/mol. The molecular weight excluding hydrogens is 400 g/mol. The highest BCUT2D eigenvalue weighted by Crippen LogP contribution is 2.25. The van der Waals surface area contributed by atoms with Crippen LogP contribution >= 0.6 is 0 Å². The average molecular weight is 435 g/mol. The topological polar surface area (TPSA) is 90.0 Å². The Labute approximate surface area is 189 Å². The van der Waals surface area contributed by atoms with E-state index in [9.17, 15) is 9.90 Å². The van der Waals surface area contributed by atoms with Gasteiger partial charge in [-0.1, -0.05) is 57.2 Å². The molecule has 2 aromatic carbocycles. The number of nitrogens with one attached hydrogen (secondary N) is 3. The predicted octanol–water partition coefficient (Wildman–Crippen LogP) is 4.75. The minimum absolute atomic E-state index is 0.0980. The van der Waals surface area contributed by atoms with E-state index in [1.807, 2.05) is 24.3 Å². The van der Waals surface area contributed by atoms with E-state index in [1.54, 1.807) is 0 Å². The molecule has 1 aromatic heterocycles. The number of aromatic amines is 1. The van der Waals surface area contributed by atoms with E-state index >= 15 is 0 Å². The van der Waals surface area contributed by atoms with Crippen molar-refractivity contribution in [3.63, 3.8) is 0 Å². The Morgan fingerprint density at radius 2 is 1.78 bits per heavy atom. The van der Waals surface area contributed by atoms with Crippen molar-refractivity contribution >= 4 is 17.1 Å². The molecule has 4 N–H and O–H groups in total. The Hall–Kier alpha value is -2.86. The van der Waals surface area contributed by atoms with E-state index in [0.717, 1.165) is 48.1 Å². The summed E-state index contributed by atoms with van der Waals surface area (Å²) >= 11 is 0. The summed E-state index contributed by atoms with van der Waals surface area (Å²) in [5.74, 6) is 0.750. The van der Waals surface area contributed by atoms with E-state index in [4.69, 9.17) is 4.98 Å². The van der Waals surface area contributed by atoms with Crippen molar-refractivity contribution in [3.8, 4) is 0 Å². The number of carbonyl (C=O) groups is 1. The number of aliphatic hydroxyl groups is 1. The second-order valence-electron chi connectivity index (χ2n) is 9.97. The summed E-state index contributed by atoms with van der Waals surface area (Å²) in [6.07, 6.45) is 3.48. The van der Waals surface area contributed by atoms with E-state index in [0.29, 0.717) is 6.42 Å². The SMILES string of the molecule is CC(C)(C)c1ccc(CC(NC(=O)N[C@H]2CC[C@H](O)CC2)c2nc3ccccc3[nH]2)cc1. The molecule has 1 unspecified atom stereocenters. The smallest absolute Gasteiger partial charge is 0.315 e. The number of urea groups is 1. The third-order valence-corrected chi connectivity index (χ3v) is 6.33. The van der Waals surface area contributed by atoms with Gasteiger partial charge in [0.1, 0.15) is 5.82 Å². The van der Waals surface area contributed by atoms with Gasteiger partial charge in [0.2, 0.25) is 0 Å². The van der Waals surface area contributed by atoms with Crippen molar-refractivity contribution in [1.82, 2.24) is 20.6 Å². The molecule has 1 saturated carbocycles. The lowest BCUT2D eigenvalue weighted by atomic mass is 9.86. The molecule has 6 nitrogen and oxygen atoms in total. The lowest BCUT2D eigenvalue weighted by Crippen LogP contribution is -2.45. The monoisotopic (exact) mass is 434 g/mol. The summed E-state index contributed by atoms with van der Waals surface area (Å²) in [5, 5.41) is 15.9. The third-order valence-electron chi connectivity index (χ3n) is 6.33. The second kappa shape index (κ2) is 9.33. The molecule has 0 radical (unpaired) electrons. The van der Waals surface area contributed by atoms with E-state index < -0.39 is 0 Å². The molecule has 0 aliphatic heterocycles. The molecule has 32 heavy (non-hydrogen) atoms. The number of hydrogen-bond acceptors (Lipinski definition) is 3. The van der Waals surface area contributed by atoms with E-state index in [2.05, 4.69) is 60.7 Å². The number of aliphatic hydroxyl groups excluding tert-OH is 1. The first-order valence-electron chi connectivity index (χ1n) is 11.6. The number of rotatable bonds is 5. The van der Waals surface area contributed by atoms with Crippen LogP contribution in [0.15, 0.2) is 48.5 Å². The summed E-state index contributed by atoms with van der Waals surface area (Å²) in [5.41, 5.74) is 4.37. The van der Waals surface area contributed by atoms with E-state index in [-0.39, 0.29) is 29.6 Å². The number of nitrogens with zero attached hydrogens (tertiary/aromatic N) is 1. The van der Waals surface area contributed by atoms with Crippen LogP contribution in [0.1, 0.15) is 69.4 Å².